The van der Waals surface area contributed by atoms with Crippen LogP contribution in [-0.2, 0) is 11.3 Å². The van der Waals surface area contributed by atoms with Gasteiger partial charge in [-0.25, -0.2) is 15.4 Å². The first-order valence-corrected chi connectivity index (χ1v) is 8.63. The number of aliphatic hydroxyl groups is 5. The molecule has 3 heterocycles. The summed E-state index contributed by atoms with van der Waals surface area (Å²) in [5.41, 5.74) is 4.60. The lowest BCUT2D eigenvalue weighted by atomic mass is 9.98. The smallest absolute Gasteiger partial charge is 0.165 e. The Morgan fingerprint density at radius 2 is 2.07 bits per heavy atom. The van der Waals surface area contributed by atoms with Crippen LogP contribution in [0.25, 0.3) is 0 Å². The fourth-order valence-electron chi connectivity index (χ4n) is 2.97. The van der Waals surface area contributed by atoms with E-state index in [1.54, 1.807) is 11.3 Å². The normalized spacial score (nSPS) is 31.3. The van der Waals surface area contributed by atoms with Crippen LogP contribution in [0.2, 0.25) is 0 Å². The number of hydrazine groups is 1. The number of hydrogen-bond acceptors (Lipinski definition) is 10. The second-order valence-corrected chi connectivity index (χ2v) is 6.58. The fourth-order valence-corrected chi connectivity index (χ4v) is 2.97. The molecule has 3 rings (SSSR count). The molecule has 0 unspecified atom stereocenters. The van der Waals surface area contributed by atoms with Crippen LogP contribution in [-0.4, -0.2) is 90.6 Å². The summed E-state index contributed by atoms with van der Waals surface area (Å²) in [6, 6.07) is 0. The molecule has 0 bridgehead atoms. The predicted octanol–water partition coefficient (Wildman–Crippen LogP) is -2.23. The molecule has 11 heteroatoms. The lowest BCUT2D eigenvalue weighted by Crippen LogP contribution is -2.56. The summed E-state index contributed by atoms with van der Waals surface area (Å²) in [7, 11) is 0. The van der Waals surface area contributed by atoms with Gasteiger partial charge in [-0.15, -0.1) is 0 Å². The molecule has 6 N–H and O–H groups in total. The van der Waals surface area contributed by atoms with Crippen LogP contribution in [0.15, 0.2) is 23.0 Å². The molecule has 0 radical (unpaired) electrons. The molecule has 2 aliphatic rings. The molecule has 11 nitrogen and oxygen atoms in total. The third kappa shape index (κ3) is 4.04. The number of fused-ring (bicyclic) bond motifs is 1. The van der Waals surface area contributed by atoms with E-state index in [0.717, 1.165) is 5.57 Å². The molecule has 2 aliphatic heterocycles. The molecule has 27 heavy (non-hydrogen) atoms. The van der Waals surface area contributed by atoms with Crippen molar-refractivity contribution < 1.29 is 30.3 Å². The SMILES string of the molecule is C/C(=C\CNN1C=Nc2c(ncn2[C@@H]2O[C@H](CO)[C@@H](O)[C@H](O)[C@H]2O)C1)CO. The molecule has 150 valence electrons. The largest absolute Gasteiger partial charge is 0.394 e. The number of aliphatic hydroxyl groups excluding tert-OH is 5. The zero-order valence-electron chi connectivity index (χ0n) is 14.9. The summed E-state index contributed by atoms with van der Waals surface area (Å²) in [6.07, 6.45) is -1.47. The molecule has 0 saturated carbocycles. The summed E-state index contributed by atoms with van der Waals surface area (Å²) >= 11 is 0. The summed E-state index contributed by atoms with van der Waals surface area (Å²) in [5.74, 6) is 0.458. The molecule has 0 spiro atoms. The van der Waals surface area contributed by atoms with Gasteiger partial charge in [-0.05, 0) is 6.92 Å². The molecule has 1 aromatic rings. The van der Waals surface area contributed by atoms with Crippen molar-refractivity contribution in [1.82, 2.24) is 20.0 Å². The first-order chi connectivity index (χ1) is 13.0. The monoisotopic (exact) mass is 383 g/mol. The lowest BCUT2D eigenvalue weighted by Gasteiger charge is -2.40. The van der Waals surface area contributed by atoms with Gasteiger partial charge in [-0.1, -0.05) is 11.6 Å². The highest BCUT2D eigenvalue weighted by Crippen LogP contribution is 2.33. The number of imidazole rings is 1. The van der Waals surface area contributed by atoms with Gasteiger partial charge in [0.25, 0.3) is 0 Å². The van der Waals surface area contributed by atoms with Gasteiger partial charge in [-0.3, -0.25) is 9.58 Å². The van der Waals surface area contributed by atoms with Crippen molar-refractivity contribution in [3.63, 3.8) is 0 Å². The summed E-state index contributed by atoms with van der Waals surface area (Å²) in [4.78, 5) is 8.61. The maximum Gasteiger partial charge on any atom is 0.165 e. The van der Waals surface area contributed by atoms with E-state index in [0.29, 0.717) is 24.6 Å². The lowest BCUT2D eigenvalue weighted by molar-refractivity contribution is -0.250. The Morgan fingerprint density at radius 1 is 1.30 bits per heavy atom. The molecule has 0 aromatic carbocycles. The van der Waals surface area contributed by atoms with Gasteiger partial charge in [0.1, 0.15) is 36.4 Å². The third-order valence-electron chi connectivity index (χ3n) is 4.62. The Kier molecular flexibility index (Phi) is 6.22. The maximum absolute atomic E-state index is 10.3. The van der Waals surface area contributed by atoms with E-state index in [9.17, 15) is 20.4 Å². The topological polar surface area (TPSA) is 156 Å². The van der Waals surface area contributed by atoms with E-state index in [-0.39, 0.29) is 6.61 Å². The first-order valence-electron chi connectivity index (χ1n) is 8.63. The second-order valence-electron chi connectivity index (χ2n) is 6.58. The fraction of sp³-hybridized carbons (Fsp3) is 0.625. The van der Waals surface area contributed by atoms with Gasteiger partial charge >= 0.3 is 0 Å². The molecule has 0 amide bonds. The molecule has 5 atom stereocenters. The van der Waals surface area contributed by atoms with Crippen LogP contribution in [0.4, 0.5) is 5.82 Å². The zero-order chi connectivity index (χ0) is 19.6. The van der Waals surface area contributed by atoms with Crippen molar-refractivity contribution in [3.8, 4) is 0 Å². The van der Waals surface area contributed by atoms with E-state index in [4.69, 9.17) is 9.84 Å². The van der Waals surface area contributed by atoms with Crippen LogP contribution in [0.5, 0.6) is 0 Å². The van der Waals surface area contributed by atoms with Crippen molar-refractivity contribution >= 4 is 12.2 Å². The first kappa shape index (κ1) is 19.9. The molecular weight excluding hydrogens is 358 g/mol. The van der Waals surface area contributed by atoms with Crippen LogP contribution in [0.1, 0.15) is 18.8 Å². The van der Waals surface area contributed by atoms with Gasteiger partial charge in [-0.2, -0.15) is 0 Å². The number of nitrogens with one attached hydrogen (secondary N) is 1. The highest BCUT2D eigenvalue weighted by molar-refractivity contribution is 5.63. The predicted molar refractivity (Wildman–Crippen MR) is 93.8 cm³/mol. The number of aromatic nitrogens is 2. The summed E-state index contributed by atoms with van der Waals surface area (Å²) < 4.78 is 7.02. The zero-order valence-corrected chi connectivity index (χ0v) is 14.9. The average Bonchev–Trinajstić information content (AvgIpc) is 3.09. The Balaban J connectivity index is 1.72. The summed E-state index contributed by atoms with van der Waals surface area (Å²) in [6.45, 7) is 2.26. The molecular formula is C16H25N5O6. The molecule has 1 aromatic heterocycles. The van der Waals surface area contributed by atoms with E-state index in [1.807, 2.05) is 13.0 Å². The maximum atomic E-state index is 10.3. The van der Waals surface area contributed by atoms with E-state index in [1.165, 1.54) is 10.9 Å². The van der Waals surface area contributed by atoms with Crippen molar-refractivity contribution in [3.05, 3.63) is 23.7 Å². The highest BCUT2D eigenvalue weighted by Gasteiger charge is 2.45. The molecule has 1 fully saturated rings. The van der Waals surface area contributed by atoms with Gasteiger partial charge in [0.05, 0.1) is 26.1 Å². The van der Waals surface area contributed by atoms with E-state index in [2.05, 4.69) is 15.4 Å². The van der Waals surface area contributed by atoms with E-state index < -0.39 is 37.3 Å². The van der Waals surface area contributed by atoms with Gasteiger partial charge < -0.3 is 30.3 Å². The minimum absolute atomic E-state index is 0.00339. The van der Waals surface area contributed by atoms with Gasteiger partial charge in [0.15, 0.2) is 12.0 Å². The molecule has 0 aliphatic carbocycles. The summed E-state index contributed by atoms with van der Waals surface area (Å²) in [5, 5.41) is 50.2. The standard InChI is InChI=1S/C16H25N5O6/c1-9(5-22)2-3-19-20-4-10-15(18-7-20)21(8-17-10)16-14(26)13(25)12(24)11(6-23)27-16/h2,7-8,11-14,16,19,22-26H,3-6H2,1H3/b9-2+/t11-,12-,13+,14-,16-/m1/s1. The number of ether oxygens (including phenoxy) is 1. The second kappa shape index (κ2) is 8.44. The Morgan fingerprint density at radius 3 is 2.78 bits per heavy atom. The highest BCUT2D eigenvalue weighted by atomic mass is 16.6. The number of aliphatic imine (C=N–C) groups is 1. The Labute approximate surface area is 155 Å². The minimum atomic E-state index is -1.47. The minimum Gasteiger partial charge on any atom is -0.394 e. The van der Waals surface area contributed by atoms with Gasteiger partial charge in [0.2, 0.25) is 0 Å². The average molecular weight is 383 g/mol. The molecule has 1 saturated heterocycles. The van der Waals surface area contributed by atoms with E-state index >= 15 is 0 Å². The number of hydrogen-bond donors (Lipinski definition) is 6. The van der Waals surface area contributed by atoms with Crippen molar-refractivity contribution in [1.29, 1.82) is 0 Å². The van der Waals surface area contributed by atoms with Crippen molar-refractivity contribution in [2.75, 3.05) is 19.8 Å². The van der Waals surface area contributed by atoms with Crippen LogP contribution in [0.3, 0.4) is 0 Å². The van der Waals surface area contributed by atoms with Crippen LogP contribution in [0, 0.1) is 0 Å². The van der Waals surface area contributed by atoms with Crippen molar-refractivity contribution in [2.24, 2.45) is 4.99 Å². The number of rotatable bonds is 6. The Bertz CT molecular complexity index is 705. The van der Waals surface area contributed by atoms with Crippen molar-refractivity contribution in [2.45, 2.75) is 44.1 Å². The quantitative estimate of drug-likeness (QED) is 0.299. The Hall–Kier alpha value is -1.86. The van der Waals surface area contributed by atoms with Gasteiger partial charge in [0, 0.05) is 6.54 Å². The van der Waals surface area contributed by atoms with Crippen LogP contribution >= 0.6 is 0 Å². The number of nitrogens with zero attached hydrogens (tertiary/aromatic N) is 4. The van der Waals surface area contributed by atoms with Crippen LogP contribution < -0.4 is 5.43 Å². The third-order valence-corrected chi connectivity index (χ3v) is 4.62.